The van der Waals surface area contributed by atoms with Crippen LogP contribution in [0.15, 0.2) is 22.6 Å². The van der Waals surface area contributed by atoms with Crippen LogP contribution < -0.4 is 0 Å². The van der Waals surface area contributed by atoms with Gasteiger partial charge >= 0.3 is 0 Å². The Balaban J connectivity index is 2.02. The van der Waals surface area contributed by atoms with Crippen LogP contribution in [0.1, 0.15) is 44.7 Å². The lowest BCUT2D eigenvalue weighted by Gasteiger charge is -2.12. The van der Waals surface area contributed by atoms with Gasteiger partial charge in [0.15, 0.2) is 0 Å². The Morgan fingerprint density at radius 1 is 1.05 bits per heavy atom. The van der Waals surface area contributed by atoms with Gasteiger partial charge in [0.2, 0.25) is 0 Å². The molecule has 3 rings (SSSR count). The van der Waals surface area contributed by atoms with E-state index < -0.39 is 0 Å². The molecule has 1 aromatic carbocycles. The Labute approximate surface area is 118 Å². The number of halogens is 1. The standard InChI is InChI=1S/C16H17ClO2/c1-9-10(2)19-11(3)15(9)16(17)12-4-5-13-7-18-8-14(13)6-12/h4-6,16H,7-8H2,1-3H3. The molecule has 0 spiro atoms. The fraction of sp³-hybridized carbons (Fsp3) is 0.375. The Kier molecular flexibility index (Phi) is 3.15. The lowest BCUT2D eigenvalue weighted by atomic mass is 9.98. The summed E-state index contributed by atoms with van der Waals surface area (Å²) < 4.78 is 11.1. The van der Waals surface area contributed by atoms with E-state index in [0.29, 0.717) is 13.2 Å². The van der Waals surface area contributed by atoms with Crippen LogP contribution in [0.25, 0.3) is 0 Å². The number of hydrogen-bond donors (Lipinski definition) is 0. The summed E-state index contributed by atoms with van der Waals surface area (Å²) in [6.07, 6.45) is 0. The van der Waals surface area contributed by atoms with Gasteiger partial charge in [0.1, 0.15) is 11.5 Å². The number of furan rings is 1. The molecular formula is C16H17ClO2. The molecule has 1 aromatic heterocycles. The van der Waals surface area contributed by atoms with Crippen LogP contribution in [-0.2, 0) is 18.0 Å². The summed E-state index contributed by atoms with van der Waals surface area (Å²) in [5.41, 5.74) is 5.87. The van der Waals surface area contributed by atoms with Crippen LogP contribution in [0.3, 0.4) is 0 Å². The molecule has 0 saturated heterocycles. The third-order valence-corrected chi connectivity index (χ3v) is 4.38. The van der Waals surface area contributed by atoms with Crippen molar-refractivity contribution >= 4 is 11.6 Å². The summed E-state index contributed by atoms with van der Waals surface area (Å²) in [5.74, 6) is 1.86. The first-order valence-electron chi connectivity index (χ1n) is 6.48. The molecule has 100 valence electrons. The second-order valence-electron chi connectivity index (χ2n) is 5.14. The highest BCUT2D eigenvalue weighted by atomic mass is 35.5. The highest BCUT2D eigenvalue weighted by Gasteiger charge is 2.22. The SMILES string of the molecule is Cc1oc(C)c(C(Cl)c2ccc3c(c2)COC3)c1C. The lowest BCUT2D eigenvalue weighted by molar-refractivity contribution is 0.134. The average molecular weight is 277 g/mol. The van der Waals surface area contributed by atoms with Gasteiger partial charge < -0.3 is 9.15 Å². The van der Waals surface area contributed by atoms with Crippen LogP contribution in [-0.4, -0.2) is 0 Å². The van der Waals surface area contributed by atoms with Gasteiger partial charge in [-0.1, -0.05) is 18.2 Å². The molecule has 2 heterocycles. The summed E-state index contributed by atoms with van der Waals surface area (Å²) in [6, 6.07) is 6.36. The minimum absolute atomic E-state index is 0.164. The minimum Gasteiger partial charge on any atom is -0.466 e. The molecule has 3 heteroatoms. The lowest BCUT2D eigenvalue weighted by Crippen LogP contribution is -1.97. The van der Waals surface area contributed by atoms with Gasteiger partial charge in [-0.3, -0.25) is 0 Å². The summed E-state index contributed by atoms with van der Waals surface area (Å²) in [7, 11) is 0. The van der Waals surface area contributed by atoms with Crippen LogP contribution in [0.4, 0.5) is 0 Å². The first kappa shape index (κ1) is 12.8. The van der Waals surface area contributed by atoms with Crippen molar-refractivity contribution in [2.45, 2.75) is 39.4 Å². The molecular weight excluding hydrogens is 260 g/mol. The predicted octanol–water partition coefficient (Wildman–Crippen LogP) is 4.56. The van der Waals surface area contributed by atoms with Crippen molar-refractivity contribution in [3.8, 4) is 0 Å². The van der Waals surface area contributed by atoms with E-state index in [2.05, 4.69) is 25.1 Å². The molecule has 1 unspecified atom stereocenters. The van der Waals surface area contributed by atoms with Crippen LogP contribution in [0.2, 0.25) is 0 Å². The molecule has 19 heavy (non-hydrogen) atoms. The maximum Gasteiger partial charge on any atom is 0.106 e. The number of hydrogen-bond acceptors (Lipinski definition) is 2. The normalized spacial score (nSPS) is 15.6. The van der Waals surface area contributed by atoms with Gasteiger partial charge in [0.25, 0.3) is 0 Å². The van der Waals surface area contributed by atoms with Crippen molar-refractivity contribution in [2.24, 2.45) is 0 Å². The van der Waals surface area contributed by atoms with Gasteiger partial charge in [-0.15, -0.1) is 11.6 Å². The molecule has 1 atom stereocenters. The topological polar surface area (TPSA) is 22.4 Å². The number of alkyl halides is 1. The van der Waals surface area contributed by atoms with Crippen molar-refractivity contribution in [2.75, 3.05) is 0 Å². The predicted molar refractivity (Wildman–Crippen MR) is 75.6 cm³/mol. The number of rotatable bonds is 2. The van der Waals surface area contributed by atoms with Crippen molar-refractivity contribution in [3.63, 3.8) is 0 Å². The van der Waals surface area contributed by atoms with Gasteiger partial charge in [-0.05, 0) is 43.0 Å². The summed E-state index contributed by atoms with van der Waals surface area (Å²) >= 11 is 6.66. The largest absolute Gasteiger partial charge is 0.466 e. The molecule has 2 nitrogen and oxygen atoms in total. The van der Waals surface area contributed by atoms with Crippen molar-refractivity contribution in [3.05, 3.63) is 57.5 Å². The highest BCUT2D eigenvalue weighted by Crippen LogP contribution is 2.37. The number of ether oxygens (including phenoxy) is 1. The van der Waals surface area contributed by atoms with Gasteiger partial charge in [0.05, 0.1) is 18.6 Å². The van der Waals surface area contributed by atoms with Gasteiger partial charge in [0, 0.05) is 5.56 Å². The molecule has 0 radical (unpaired) electrons. The van der Waals surface area contributed by atoms with Gasteiger partial charge in [-0.25, -0.2) is 0 Å². The van der Waals surface area contributed by atoms with Crippen molar-refractivity contribution in [1.29, 1.82) is 0 Å². The van der Waals surface area contributed by atoms with Crippen LogP contribution >= 0.6 is 11.6 Å². The summed E-state index contributed by atoms with van der Waals surface area (Å²) in [6.45, 7) is 7.42. The first-order valence-corrected chi connectivity index (χ1v) is 6.91. The molecule has 1 aliphatic rings. The number of benzene rings is 1. The van der Waals surface area contributed by atoms with E-state index in [-0.39, 0.29) is 5.38 Å². The Morgan fingerprint density at radius 3 is 2.47 bits per heavy atom. The zero-order valence-corrected chi connectivity index (χ0v) is 12.2. The number of aryl methyl sites for hydroxylation is 2. The molecule has 0 saturated carbocycles. The molecule has 1 aliphatic heterocycles. The van der Waals surface area contributed by atoms with E-state index in [1.807, 2.05) is 13.8 Å². The fourth-order valence-electron chi connectivity index (χ4n) is 2.70. The third-order valence-electron chi connectivity index (χ3n) is 3.91. The zero-order chi connectivity index (χ0) is 13.6. The van der Waals surface area contributed by atoms with Crippen molar-refractivity contribution < 1.29 is 9.15 Å². The van der Waals surface area contributed by atoms with E-state index >= 15 is 0 Å². The van der Waals surface area contributed by atoms with Crippen molar-refractivity contribution in [1.82, 2.24) is 0 Å². The molecule has 0 fully saturated rings. The third kappa shape index (κ3) is 2.09. The minimum atomic E-state index is -0.164. The van der Waals surface area contributed by atoms with E-state index in [1.165, 1.54) is 11.1 Å². The maximum atomic E-state index is 6.66. The van der Waals surface area contributed by atoms with E-state index in [9.17, 15) is 0 Å². The Hall–Kier alpha value is -1.25. The summed E-state index contributed by atoms with van der Waals surface area (Å²) in [4.78, 5) is 0. The van der Waals surface area contributed by atoms with E-state index in [0.717, 1.165) is 28.2 Å². The summed E-state index contributed by atoms with van der Waals surface area (Å²) in [5, 5.41) is -0.164. The molecule has 2 aromatic rings. The molecule has 0 bridgehead atoms. The first-order chi connectivity index (χ1) is 9.08. The Morgan fingerprint density at radius 2 is 1.79 bits per heavy atom. The Bertz CT molecular complexity index is 628. The monoisotopic (exact) mass is 276 g/mol. The average Bonchev–Trinajstić information content (AvgIpc) is 2.94. The maximum absolute atomic E-state index is 6.66. The fourth-order valence-corrected chi connectivity index (χ4v) is 3.15. The molecule has 0 aliphatic carbocycles. The highest BCUT2D eigenvalue weighted by molar-refractivity contribution is 6.22. The second-order valence-corrected chi connectivity index (χ2v) is 5.57. The van der Waals surface area contributed by atoms with E-state index in [1.54, 1.807) is 0 Å². The molecule has 0 N–H and O–H groups in total. The van der Waals surface area contributed by atoms with Gasteiger partial charge in [-0.2, -0.15) is 0 Å². The second kappa shape index (κ2) is 4.69. The number of fused-ring (bicyclic) bond motifs is 1. The van der Waals surface area contributed by atoms with Crippen LogP contribution in [0.5, 0.6) is 0 Å². The smallest absolute Gasteiger partial charge is 0.106 e. The quantitative estimate of drug-likeness (QED) is 0.750. The van der Waals surface area contributed by atoms with E-state index in [4.69, 9.17) is 20.8 Å². The zero-order valence-electron chi connectivity index (χ0n) is 11.4. The molecule has 0 amide bonds. The van der Waals surface area contributed by atoms with Crippen LogP contribution in [0, 0.1) is 20.8 Å².